The molecule has 0 fully saturated rings. The normalized spacial score (nSPS) is 10.4. The first kappa shape index (κ1) is 8.68. The van der Waals surface area contributed by atoms with Crippen LogP contribution in [0.15, 0.2) is 24.8 Å². The molecule has 2 heterocycles. The summed E-state index contributed by atoms with van der Waals surface area (Å²) in [7, 11) is 3.56. The van der Waals surface area contributed by atoms with Gasteiger partial charge in [-0.25, -0.2) is 4.98 Å². The molecular weight excluding hydrogens is 180 g/mol. The second kappa shape index (κ2) is 3.10. The highest BCUT2D eigenvalue weighted by molar-refractivity contribution is 6.06. The second-order valence-corrected chi connectivity index (χ2v) is 3.09. The number of carbonyl (C=O) groups excluding carboxylic acids is 1. The van der Waals surface area contributed by atoms with Crippen LogP contribution in [0, 0.1) is 0 Å². The van der Waals surface area contributed by atoms with Crippen molar-refractivity contribution in [3.05, 3.63) is 36.2 Å². The zero-order valence-electron chi connectivity index (χ0n) is 8.01. The molecule has 2 aromatic heterocycles. The Labute approximate surface area is 81.0 Å². The van der Waals surface area contributed by atoms with Gasteiger partial charge in [0.2, 0.25) is 5.78 Å². The van der Waals surface area contributed by atoms with Gasteiger partial charge in [-0.3, -0.25) is 9.48 Å². The van der Waals surface area contributed by atoms with Gasteiger partial charge >= 0.3 is 0 Å². The molecule has 72 valence electrons. The SMILES string of the molecule is Cn1ccc(C(=O)c2cncn2C)n1. The molecule has 5 heteroatoms. The van der Waals surface area contributed by atoms with Crippen molar-refractivity contribution in [1.82, 2.24) is 19.3 Å². The lowest BCUT2D eigenvalue weighted by atomic mass is 10.2. The van der Waals surface area contributed by atoms with Gasteiger partial charge in [0.15, 0.2) is 0 Å². The number of nitrogens with zero attached hydrogens (tertiary/aromatic N) is 4. The monoisotopic (exact) mass is 190 g/mol. The van der Waals surface area contributed by atoms with Crippen molar-refractivity contribution in [3.8, 4) is 0 Å². The molecule has 14 heavy (non-hydrogen) atoms. The number of rotatable bonds is 2. The molecule has 0 aromatic carbocycles. The predicted octanol–water partition coefficient (Wildman–Crippen LogP) is 0.385. The van der Waals surface area contributed by atoms with E-state index < -0.39 is 0 Å². The van der Waals surface area contributed by atoms with Crippen LogP contribution in [0.4, 0.5) is 0 Å². The standard InChI is InChI=1S/C9H10N4O/c1-12-6-10-5-8(12)9(14)7-3-4-13(2)11-7/h3-6H,1-2H3. The topological polar surface area (TPSA) is 52.7 Å². The van der Waals surface area contributed by atoms with Crippen LogP contribution in [0.3, 0.4) is 0 Å². The van der Waals surface area contributed by atoms with Gasteiger partial charge in [-0.05, 0) is 6.07 Å². The van der Waals surface area contributed by atoms with E-state index in [1.807, 2.05) is 0 Å². The summed E-state index contributed by atoms with van der Waals surface area (Å²) in [6, 6.07) is 1.69. The number of aromatic nitrogens is 4. The van der Waals surface area contributed by atoms with Crippen LogP contribution >= 0.6 is 0 Å². The summed E-state index contributed by atoms with van der Waals surface area (Å²) >= 11 is 0. The fourth-order valence-electron chi connectivity index (χ4n) is 1.24. The Hall–Kier alpha value is -1.91. The van der Waals surface area contributed by atoms with Gasteiger partial charge in [-0.15, -0.1) is 0 Å². The lowest BCUT2D eigenvalue weighted by Crippen LogP contribution is -2.07. The molecule has 2 aromatic rings. The Balaban J connectivity index is 2.38. The van der Waals surface area contributed by atoms with Crippen molar-refractivity contribution in [1.29, 1.82) is 0 Å². The third kappa shape index (κ3) is 1.32. The second-order valence-electron chi connectivity index (χ2n) is 3.09. The van der Waals surface area contributed by atoms with E-state index in [-0.39, 0.29) is 5.78 Å². The number of carbonyl (C=O) groups is 1. The van der Waals surface area contributed by atoms with Gasteiger partial charge in [-0.1, -0.05) is 0 Å². The molecule has 0 spiro atoms. The van der Waals surface area contributed by atoms with Crippen molar-refractivity contribution in [2.75, 3.05) is 0 Å². The van der Waals surface area contributed by atoms with Crippen molar-refractivity contribution in [2.45, 2.75) is 0 Å². The lowest BCUT2D eigenvalue weighted by molar-refractivity contribution is 0.102. The van der Waals surface area contributed by atoms with Crippen LogP contribution in [0.1, 0.15) is 16.2 Å². The highest BCUT2D eigenvalue weighted by atomic mass is 16.1. The Kier molecular flexibility index (Phi) is 1.92. The number of aryl methyl sites for hydroxylation is 2. The molecule has 2 rings (SSSR count). The summed E-state index contributed by atoms with van der Waals surface area (Å²) in [6.07, 6.45) is 4.87. The van der Waals surface area contributed by atoms with E-state index in [4.69, 9.17) is 0 Å². The average Bonchev–Trinajstić information content (AvgIpc) is 2.73. The Morgan fingerprint density at radius 2 is 2.21 bits per heavy atom. The predicted molar refractivity (Wildman–Crippen MR) is 49.8 cm³/mol. The van der Waals surface area contributed by atoms with Crippen LogP contribution in [0.5, 0.6) is 0 Å². The molecule has 0 aliphatic rings. The first-order valence-electron chi connectivity index (χ1n) is 4.19. The van der Waals surface area contributed by atoms with Crippen molar-refractivity contribution in [2.24, 2.45) is 14.1 Å². The van der Waals surface area contributed by atoms with Gasteiger partial charge in [-0.2, -0.15) is 5.10 Å². The third-order valence-electron chi connectivity index (χ3n) is 2.00. The molecule has 0 N–H and O–H groups in total. The maximum absolute atomic E-state index is 11.8. The molecule has 0 atom stereocenters. The average molecular weight is 190 g/mol. The van der Waals surface area contributed by atoms with Gasteiger partial charge in [0, 0.05) is 20.3 Å². The maximum atomic E-state index is 11.8. The molecule has 0 bridgehead atoms. The summed E-state index contributed by atoms with van der Waals surface area (Å²) in [5.74, 6) is -0.106. The highest BCUT2D eigenvalue weighted by Gasteiger charge is 2.14. The van der Waals surface area contributed by atoms with E-state index in [9.17, 15) is 4.79 Å². The summed E-state index contributed by atoms with van der Waals surface area (Å²) < 4.78 is 3.28. The fourth-order valence-corrected chi connectivity index (χ4v) is 1.24. The van der Waals surface area contributed by atoms with E-state index in [0.717, 1.165) is 0 Å². The minimum atomic E-state index is -0.106. The van der Waals surface area contributed by atoms with Crippen LogP contribution in [-0.2, 0) is 14.1 Å². The molecule has 0 saturated heterocycles. The first-order valence-corrected chi connectivity index (χ1v) is 4.19. The lowest BCUT2D eigenvalue weighted by Gasteiger charge is -1.97. The number of hydrogen-bond acceptors (Lipinski definition) is 3. The van der Waals surface area contributed by atoms with Gasteiger partial charge < -0.3 is 4.57 Å². The van der Waals surface area contributed by atoms with Crippen LogP contribution in [0.25, 0.3) is 0 Å². The number of hydrogen-bond donors (Lipinski definition) is 0. The number of imidazole rings is 1. The largest absolute Gasteiger partial charge is 0.331 e. The van der Waals surface area contributed by atoms with Gasteiger partial charge in [0.1, 0.15) is 11.4 Å². The smallest absolute Gasteiger partial charge is 0.231 e. The van der Waals surface area contributed by atoms with Crippen LogP contribution in [-0.4, -0.2) is 25.1 Å². The molecule has 0 saturated carbocycles. The summed E-state index contributed by atoms with van der Waals surface area (Å²) in [6.45, 7) is 0. The Bertz CT molecular complexity index is 469. The summed E-state index contributed by atoms with van der Waals surface area (Å²) in [5, 5.41) is 4.03. The summed E-state index contributed by atoms with van der Waals surface area (Å²) in [5.41, 5.74) is 0.986. The van der Waals surface area contributed by atoms with E-state index in [1.165, 1.54) is 6.20 Å². The molecule has 0 radical (unpaired) electrons. The molecule has 0 amide bonds. The molecule has 0 aliphatic carbocycles. The van der Waals surface area contributed by atoms with Crippen LogP contribution in [0.2, 0.25) is 0 Å². The van der Waals surface area contributed by atoms with Crippen molar-refractivity contribution >= 4 is 5.78 Å². The van der Waals surface area contributed by atoms with Crippen molar-refractivity contribution < 1.29 is 4.79 Å². The van der Waals surface area contributed by atoms with Crippen LogP contribution < -0.4 is 0 Å². The first-order chi connectivity index (χ1) is 6.68. The summed E-state index contributed by atoms with van der Waals surface area (Å²) in [4.78, 5) is 15.7. The Morgan fingerprint density at radius 1 is 1.43 bits per heavy atom. The van der Waals surface area contributed by atoms with Gasteiger partial charge in [0.05, 0.1) is 12.5 Å². The van der Waals surface area contributed by atoms with Crippen molar-refractivity contribution in [3.63, 3.8) is 0 Å². The van der Waals surface area contributed by atoms with E-state index in [2.05, 4.69) is 10.1 Å². The third-order valence-corrected chi connectivity index (χ3v) is 2.00. The highest BCUT2D eigenvalue weighted by Crippen LogP contribution is 2.05. The minimum absolute atomic E-state index is 0.106. The minimum Gasteiger partial charge on any atom is -0.331 e. The Morgan fingerprint density at radius 3 is 2.71 bits per heavy atom. The zero-order chi connectivity index (χ0) is 10.1. The fraction of sp³-hybridized carbons (Fsp3) is 0.222. The number of ketones is 1. The van der Waals surface area contributed by atoms with Gasteiger partial charge in [0.25, 0.3) is 0 Å². The molecular formula is C9H10N4O. The quantitative estimate of drug-likeness (QED) is 0.643. The van der Waals surface area contributed by atoms with E-state index >= 15 is 0 Å². The maximum Gasteiger partial charge on any atom is 0.231 e. The molecule has 0 aliphatic heterocycles. The molecule has 0 unspecified atom stereocenters. The zero-order valence-corrected chi connectivity index (χ0v) is 8.01. The molecule has 5 nitrogen and oxygen atoms in total. The van der Waals surface area contributed by atoms with E-state index in [1.54, 1.807) is 41.9 Å². The van der Waals surface area contributed by atoms with E-state index in [0.29, 0.717) is 11.4 Å².